The zero-order chi connectivity index (χ0) is 16.0. The Morgan fingerprint density at radius 2 is 1.81 bits per heavy atom. The summed E-state index contributed by atoms with van der Waals surface area (Å²) in [4.78, 5) is 11.3. The summed E-state index contributed by atoms with van der Waals surface area (Å²) in [7, 11) is 3.04. The van der Waals surface area contributed by atoms with Crippen molar-refractivity contribution in [3.05, 3.63) is 29.8 Å². The highest BCUT2D eigenvalue weighted by Crippen LogP contribution is 2.19. The molecule has 1 aromatic rings. The van der Waals surface area contributed by atoms with Crippen molar-refractivity contribution in [3.63, 3.8) is 0 Å². The van der Waals surface area contributed by atoms with Crippen LogP contribution >= 0.6 is 10.7 Å². The molecule has 1 aromatic carbocycles. The first-order chi connectivity index (χ1) is 9.73. The Balaban J connectivity index is 2.66. The molecular weight excluding hydrogens is 316 g/mol. The van der Waals surface area contributed by atoms with Gasteiger partial charge in [-0.05, 0) is 30.2 Å². The average molecular weight is 335 g/mol. The predicted octanol–water partition coefficient (Wildman–Crippen LogP) is 2.69. The average Bonchev–Trinajstić information content (AvgIpc) is 2.41. The Morgan fingerprint density at radius 3 is 2.24 bits per heavy atom. The van der Waals surface area contributed by atoms with Crippen molar-refractivity contribution >= 4 is 25.7 Å². The van der Waals surface area contributed by atoms with Crippen molar-refractivity contribution in [3.8, 4) is 5.75 Å². The SMILES string of the molecule is COC(=O)c1ccc(OCC(CS(=O)(=O)Cl)C(C)C)cc1. The van der Waals surface area contributed by atoms with Gasteiger partial charge in [0, 0.05) is 16.6 Å². The Hall–Kier alpha value is -1.27. The normalized spacial score (nSPS) is 13.0. The molecule has 0 heterocycles. The Morgan fingerprint density at radius 1 is 1.24 bits per heavy atom. The van der Waals surface area contributed by atoms with Crippen molar-refractivity contribution < 1.29 is 22.7 Å². The minimum absolute atomic E-state index is 0.118. The summed E-state index contributed by atoms with van der Waals surface area (Å²) in [6.45, 7) is 4.06. The first-order valence-corrected chi connectivity index (χ1v) is 8.94. The number of hydrogen-bond donors (Lipinski definition) is 0. The summed E-state index contributed by atoms with van der Waals surface area (Å²) >= 11 is 0. The molecule has 0 fully saturated rings. The van der Waals surface area contributed by atoms with E-state index in [1.54, 1.807) is 24.3 Å². The second kappa shape index (κ2) is 7.66. The summed E-state index contributed by atoms with van der Waals surface area (Å²) in [6, 6.07) is 6.45. The number of hydrogen-bond acceptors (Lipinski definition) is 5. The van der Waals surface area contributed by atoms with Gasteiger partial charge in [-0.1, -0.05) is 13.8 Å². The highest BCUT2D eigenvalue weighted by molar-refractivity contribution is 8.13. The van der Waals surface area contributed by atoms with Gasteiger partial charge in [0.2, 0.25) is 9.05 Å². The van der Waals surface area contributed by atoms with Gasteiger partial charge < -0.3 is 9.47 Å². The van der Waals surface area contributed by atoms with Gasteiger partial charge in [0.1, 0.15) is 5.75 Å². The lowest BCUT2D eigenvalue weighted by molar-refractivity contribution is 0.0600. The van der Waals surface area contributed by atoms with E-state index in [9.17, 15) is 13.2 Å². The molecule has 0 aliphatic rings. The van der Waals surface area contributed by atoms with Crippen LogP contribution in [0.1, 0.15) is 24.2 Å². The van der Waals surface area contributed by atoms with E-state index in [0.29, 0.717) is 11.3 Å². The maximum atomic E-state index is 11.3. The Bertz CT molecular complexity index is 566. The van der Waals surface area contributed by atoms with Crippen LogP contribution in [0.2, 0.25) is 0 Å². The number of rotatable bonds is 7. The second-order valence-corrected chi connectivity index (χ2v) is 7.86. The largest absolute Gasteiger partial charge is 0.493 e. The minimum atomic E-state index is -3.56. The number of carbonyl (C=O) groups excluding carboxylic acids is 1. The Labute approximate surface area is 129 Å². The molecule has 0 radical (unpaired) electrons. The molecule has 0 bridgehead atoms. The molecule has 1 rings (SSSR count). The van der Waals surface area contributed by atoms with Crippen LogP contribution in [0.4, 0.5) is 0 Å². The molecule has 5 nitrogen and oxygen atoms in total. The van der Waals surface area contributed by atoms with Crippen LogP contribution in [0.3, 0.4) is 0 Å². The monoisotopic (exact) mass is 334 g/mol. The van der Waals surface area contributed by atoms with E-state index in [-0.39, 0.29) is 24.2 Å². The summed E-state index contributed by atoms with van der Waals surface area (Å²) in [6.07, 6.45) is 0. The van der Waals surface area contributed by atoms with E-state index >= 15 is 0 Å². The molecule has 0 aromatic heterocycles. The van der Waals surface area contributed by atoms with Gasteiger partial charge in [0.15, 0.2) is 0 Å². The van der Waals surface area contributed by atoms with Crippen molar-refractivity contribution in [2.75, 3.05) is 19.5 Å². The van der Waals surface area contributed by atoms with Gasteiger partial charge in [0.05, 0.1) is 25.0 Å². The molecule has 0 aliphatic carbocycles. The maximum Gasteiger partial charge on any atom is 0.337 e. The minimum Gasteiger partial charge on any atom is -0.493 e. The van der Waals surface area contributed by atoms with E-state index in [1.165, 1.54) is 7.11 Å². The van der Waals surface area contributed by atoms with Crippen LogP contribution in [0.5, 0.6) is 5.75 Å². The number of esters is 1. The molecular formula is C14H19ClO5S. The van der Waals surface area contributed by atoms with E-state index in [1.807, 2.05) is 13.8 Å². The first kappa shape index (κ1) is 17.8. The number of methoxy groups -OCH3 is 1. The molecule has 7 heteroatoms. The third-order valence-corrected chi connectivity index (χ3v) is 4.30. The summed E-state index contributed by atoms with van der Waals surface area (Å²) in [5, 5.41) is 0. The van der Waals surface area contributed by atoms with Crippen molar-refractivity contribution in [1.82, 2.24) is 0 Å². The number of ether oxygens (including phenoxy) is 2. The molecule has 1 atom stereocenters. The van der Waals surface area contributed by atoms with Gasteiger partial charge >= 0.3 is 5.97 Å². The lowest BCUT2D eigenvalue weighted by Gasteiger charge is -2.19. The van der Waals surface area contributed by atoms with Crippen LogP contribution < -0.4 is 4.74 Å². The third-order valence-electron chi connectivity index (χ3n) is 3.10. The number of halogens is 1. The van der Waals surface area contributed by atoms with E-state index in [2.05, 4.69) is 4.74 Å². The van der Waals surface area contributed by atoms with Crippen molar-refractivity contribution in [2.24, 2.45) is 11.8 Å². The van der Waals surface area contributed by atoms with Crippen molar-refractivity contribution in [1.29, 1.82) is 0 Å². The van der Waals surface area contributed by atoms with Gasteiger partial charge in [0.25, 0.3) is 0 Å². The van der Waals surface area contributed by atoms with Crippen LogP contribution in [0.25, 0.3) is 0 Å². The third kappa shape index (κ3) is 6.35. The van der Waals surface area contributed by atoms with Gasteiger partial charge in [-0.25, -0.2) is 13.2 Å². The lowest BCUT2D eigenvalue weighted by atomic mass is 9.99. The van der Waals surface area contributed by atoms with Crippen LogP contribution in [0, 0.1) is 11.8 Å². The van der Waals surface area contributed by atoms with Crippen LogP contribution in [-0.2, 0) is 13.8 Å². The zero-order valence-electron chi connectivity index (χ0n) is 12.2. The van der Waals surface area contributed by atoms with E-state index in [4.69, 9.17) is 15.4 Å². The highest BCUT2D eigenvalue weighted by atomic mass is 35.7. The van der Waals surface area contributed by atoms with Crippen LogP contribution in [0.15, 0.2) is 24.3 Å². The van der Waals surface area contributed by atoms with Gasteiger partial charge in [-0.15, -0.1) is 0 Å². The maximum absolute atomic E-state index is 11.3. The number of benzene rings is 1. The summed E-state index contributed by atoms with van der Waals surface area (Å²) < 4.78 is 32.5. The standard InChI is InChI=1S/C14H19ClO5S/c1-10(2)12(9-21(15,17)18)8-20-13-6-4-11(5-7-13)14(16)19-3/h4-7,10,12H,8-9H2,1-3H3. The molecule has 21 heavy (non-hydrogen) atoms. The topological polar surface area (TPSA) is 69.7 Å². The quantitative estimate of drug-likeness (QED) is 0.566. The fourth-order valence-corrected chi connectivity index (χ4v) is 3.18. The summed E-state index contributed by atoms with van der Waals surface area (Å²) in [5.74, 6) is -0.0808. The fraction of sp³-hybridized carbons (Fsp3) is 0.500. The van der Waals surface area contributed by atoms with Crippen molar-refractivity contribution in [2.45, 2.75) is 13.8 Å². The van der Waals surface area contributed by atoms with Crippen LogP contribution in [-0.4, -0.2) is 33.9 Å². The van der Waals surface area contributed by atoms with Gasteiger partial charge in [-0.2, -0.15) is 0 Å². The molecule has 0 N–H and O–H groups in total. The molecule has 0 amide bonds. The zero-order valence-corrected chi connectivity index (χ0v) is 13.8. The molecule has 0 saturated carbocycles. The molecule has 0 saturated heterocycles. The number of carbonyl (C=O) groups is 1. The second-order valence-electron chi connectivity index (χ2n) is 5.04. The predicted molar refractivity (Wildman–Crippen MR) is 81.2 cm³/mol. The fourth-order valence-electron chi connectivity index (χ4n) is 1.70. The molecule has 0 aliphatic heterocycles. The Kier molecular flexibility index (Phi) is 6.48. The lowest BCUT2D eigenvalue weighted by Crippen LogP contribution is -2.24. The smallest absolute Gasteiger partial charge is 0.337 e. The molecule has 0 spiro atoms. The van der Waals surface area contributed by atoms with Gasteiger partial charge in [-0.3, -0.25) is 0 Å². The molecule has 1 unspecified atom stereocenters. The summed E-state index contributed by atoms with van der Waals surface area (Å²) in [5.41, 5.74) is 0.425. The molecule has 118 valence electrons. The van der Waals surface area contributed by atoms with E-state index < -0.39 is 15.0 Å². The first-order valence-electron chi connectivity index (χ1n) is 6.46. The van der Waals surface area contributed by atoms with E-state index in [0.717, 1.165) is 0 Å². The highest BCUT2D eigenvalue weighted by Gasteiger charge is 2.21.